The highest BCUT2D eigenvalue weighted by Crippen LogP contribution is 2.03. The third-order valence-corrected chi connectivity index (χ3v) is 0.803. The molecule has 0 fully saturated rings. The van der Waals surface area contributed by atoms with E-state index in [0.717, 1.165) is 19.8 Å². The summed E-state index contributed by atoms with van der Waals surface area (Å²) in [5.41, 5.74) is 0. The Labute approximate surface area is 111 Å². The van der Waals surface area contributed by atoms with Crippen LogP contribution in [0.5, 0.6) is 0 Å². The fourth-order valence-corrected chi connectivity index (χ4v) is 0.360. The largest absolute Gasteiger partial charge is 0.481 e. The van der Waals surface area contributed by atoms with Crippen LogP contribution in [0.2, 0.25) is 0 Å². The van der Waals surface area contributed by atoms with E-state index in [4.69, 9.17) is 44.7 Å². The van der Waals surface area contributed by atoms with Gasteiger partial charge in [0.1, 0.15) is 0 Å². The number of aliphatic carboxylic acids is 1. The third-order valence-electron chi connectivity index (χ3n) is 0.803. The molecule has 0 aromatic carbocycles. The van der Waals surface area contributed by atoms with E-state index < -0.39 is 10.3 Å². The number of carboxylic acids is 1. The molecule has 7 heteroatoms. The Kier molecular flexibility index (Phi) is 22.7. The van der Waals surface area contributed by atoms with Crippen molar-refractivity contribution in [1.82, 2.24) is 0 Å². The molecule has 16 heavy (non-hydrogen) atoms. The smallest absolute Gasteiger partial charge is 0.302 e. The summed E-state index contributed by atoms with van der Waals surface area (Å²) in [5.74, 6) is -1.02. The molecule has 0 spiro atoms. The number of carbonyl (C=O) groups is 2. The molecule has 0 aromatic rings. The molecule has 0 amide bonds. The molecule has 0 aliphatic heterocycles. The van der Waals surface area contributed by atoms with Crippen molar-refractivity contribution in [3.63, 3.8) is 0 Å². The van der Waals surface area contributed by atoms with Gasteiger partial charge >= 0.3 is 5.97 Å². The second-order valence-corrected chi connectivity index (χ2v) is 4.44. The van der Waals surface area contributed by atoms with E-state index in [1.165, 1.54) is 6.92 Å². The fraction of sp³-hybridized carbons (Fsp3) is 0.778. The summed E-state index contributed by atoms with van der Waals surface area (Å²) in [6.07, 6.45) is 2.05. The minimum atomic E-state index is -0.833. The fourth-order valence-electron chi connectivity index (χ4n) is 0.360. The van der Waals surface area contributed by atoms with Crippen molar-refractivity contribution in [2.75, 3.05) is 6.61 Å². The predicted molar refractivity (Wildman–Crippen MR) is 66.2 cm³/mol. The number of unbranched alkanes of at least 4 members (excludes halogenated alkanes) is 1. The van der Waals surface area contributed by atoms with Crippen LogP contribution in [0.3, 0.4) is 0 Å². The van der Waals surface area contributed by atoms with Crippen LogP contribution in [0.1, 0.15) is 33.6 Å². The Morgan fingerprint density at radius 1 is 1.25 bits per heavy atom. The van der Waals surface area contributed by atoms with Crippen LogP contribution in [0.4, 0.5) is 0 Å². The highest BCUT2D eigenvalue weighted by Gasteiger charge is 1.88. The number of esters is 1. The van der Waals surface area contributed by atoms with Crippen LogP contribution in [-0.2, 0) is 14.3 Å². The van der Waals surface area contributed by atoms with Gasteiger partial charge in [-0.2, -0.15) is 0 Å². The first kappa shape index (κ1) is 21.1. The number of hydrogen-bond acceptors (Lipinski definition) is 3. The molecule has 0 aromatic heterocycles. The first-order chi connectivity index (χ1) is 7.23. The standard InChI is InChI=1S/C6H12O2.C2H4O2.CHCl3/c1-3-4-5-8-6(2)7;1-2(3)4;2-1(3)4/h3-5H2,1-2H3;1H3,(H,3,4);1H. The monoisotopic (exact) mass is 294 g/mol. The molecule has 0 heterocycles. The molecular formula is C9H17Cl3O4. The molecule has 0 saturated carbocycles. The first-order valence-electron chi connectivity index (χ1n) is 4.49. The molecule has 0 rings (SSSR count). The average molecular weight is 296 g/mol. The van der Waals surface area contributed by atoms with Gasteiger partial charge in [-0.3, -0.25) is 9.59 Å². The summed E-state index contributed by atoms with van der Waals surface area (Å²) in [6, 6.07) is 0. The van der Waals surface area contributed by atoms with Crippen LogP contribution in [0.15, 0.2) is 0 Å². The van der Waals surface area contributed by atoms with Crippen molar-refractivity contribution in [2.24, 2.45) is 0 Å². The lowest BCUT2D eigenvalue weighted by molar-refractivity contribution is -0.141. The molecule has 0 aliphatic carbocycles. The highest BCUT2D eigenvalue weighted by atomic mass is 35.6. The van der Waals surface area contributed by atoms with Crippen molar-refractivity contribution in [3.8, 4) is 0 Å². The maximum atomic E-state index is 10.1. The number of carbonyl (C=O) groups excluding carboxylic acids is 1. The Morgan fingerprint density at radius 2 is 1.56 bits per heavy atom. The quantitative estimate of drug-likeness (QED) is 0.492. The summed E-state index contributed by atoms with van der Waals surface area (Å²) < 4.78 is 3.89. The molecule has 1 N–H and O–H groups in total. The summed E-state index contributed by atoms with van der Waals surface area (Å²) >= 11 is 14.4. The molecule has 0 unspecified atom stereocenters. The van der Waals surface area contributed by atoms with E-state index in [1.54, 1.807) is 0 Å². The van der Waals surface area contributed by atoms with Gasteiger partial charge < -0.3 is 9.84 Å². The third kappa shape index (κ3) is 97.9. The lowest BCUT2D eigenvalue weighted by Crippen LogP contribution is -1.99. The SMILES string of the molecule is CC(=O)O.CCCCOC(C)=O.ClC(Cl)Cl. The van der Waals surface area contributed by atoms with Crippen LogP contribution in [-0.4, -0.2) is 27.9 Å². The molecule has 0 saturated heterocycles. The van der Waals surface area contributed by atoms with Crippen LogP contribution < -0.4 is 0 Å². The Bertz CT molecular complexity index is 167. The molecule has 0 bridgehead atoms. The topological polar surface area (TPSA) is 63.6 Å². The lowest BCUT2D eigenvalue weighted by Gasteiger charge is -1.96. The molecule has 98 valence electrons. The van der Waals surface area contributed by atoms with Gasteiger partial charge in [-0.05, 0) is 6.42 Å². The highest BCUT2D eigenvalue weighted by molar-refractivity contribution is 6.63. The Morgan fingerprint density at radius 3 is 1.75 bits per heavy atom. The number of halogens is 3. The van der Waals surface area contributed by atoms with E-state index in [9.17, 15) is 4.79 Å². The number of carboxylic acid groups (broad SMARTS) is 1. The van der Waals surface area contributed by atoms with Gasteiger partial charge in [-0.1, -0.05) is 48.1 Å². The first-order valence-corrected chi connectivity index (χ1v) is 5.80. The van der Waals surface area contributed by atoms with Gasteiger partial charge in [-0.25, -0.2) is 0 Å². The molecular weight excluding hydrogens is 278 g/mol. The number of ether oxygens (including phenoxy) is 1. The number of rotatable bonds is 3. The van der Waals surface area contributed by atoms with E-state index >= 15 is 0 Å². The van der Waals surface area contributed by atoms with Gasteiger partial charge in [0.15, 0.2) is 4.30 Å². The van der Waals surface area contributed by atoms with Gasteiger partial charge in [0.05, 0.1) is 6.61 Å². The van der Waals surface area contributed by atoms with Crippen LogP contribution >= 0.6 is 34.8 Å². The summed E-state index contributed by atoms with van der Waals surface area (Å²) in [7, 11) is 0. The predicted octanol–water partition coefficient (Wildman–Crippen LogP) is 3.43. The van der Waals surface area contributed by atoms with Crippen LogP contribution in [0, 0.1) is 0 Å². The number of hydrogen-bond donors (Lipinski definition) is 1. The number of alkyl halides is 3. The van der Waals surface area contributed by atoms with Crippen molar-refractivity contribution in [2.45, 2.75) is 37.9 Å². The summed E-state index contributed by atoms with van der Waals surface area (Å²) in [5, 5.41) is 7.42. The minimum Gasteiger partial charge on any atom is -0.481 e. The zero-order valence-electron chi connectivity index (χ0n) is 9.50. The summed E-state index contributed by atoms with van der Waals surface area (Å²) in [4.78, 5) is 19.1. The van der Waals surface area contributed by atoms with Crippen molar-refractivity contribution in [3.05, 3.63) is 0 Å². The lowest BCUT2D eigenvalue weighted by atomic mass is 10.4. The zero-order valence-corrected chi connectivity index (χ0v) is 11.8. The average Bonchev–Trinajstić information content (AvgIpc) is 2.01. The summed E-state index contributed by atoms with van der Waals surface area (Å²) in [6.45, 7) is 5.14. The molecule has 0 atom stereocenters. The van der Waals surface area contributed by atoms with Crippen molar-refractivity contribution >= 4 is 46.7 Å². The Hall–Kier alpha value is -0.190. The van der Waals surface area contributed by atoms with Gasteiger partial charge in [0.25, 0.3) is 5.97 Å². The molecule has 4 nitrogen and oxygen atoms in total. The van der Waals surface area contributed by atoms with E-state index in [1.807, 2.05) is 0 Å². The second kappa shape index (κ2) is 17.2. The van der Waals surface area contributed by atoms with Gasteiger partial charge in [0.2, 0.25) is 0 Å². The van der Waals surface area contributed by atoms with Crippen molar-refractivity contribution in [1.29, 1.82) is 0 Å². The van der Waals surface area contributed by atoms with E-state index in [2.05, 4.69) is 11.7 Å². The maximum absolute atomic E-state index is 10.1. The Balaban J connectivity index is -0.000000179. The molecule has 0 aliphatic rings. The van der Waals surface area contributed by atoms with E-state index in [0.29, 0.717) is 6.61 Å². The maximum Gasteiger partial charge on any atom is 0.302 e. The van der Waals surface area contributed by atoms with E-state index in [-0.39, 0.29) is 5.97 Å². The normalized spacial score (nSPS) is 8.19. The van der Waals surface area contributed by atoms with Gasteiger partial charge in [-0.15, -0.1) is 0 Å². The second-order valence-electron chi connectivity index (χ2n) is 2.46. The van der Waals surface area contributed by atoms with Crippen LogP contribution in [0.25, 0.3) is 0 Å². The van der Waals surface area contributed by atoms with Gasteiger partial charge in [0, 0.05) is 13.8 Å². The zero-order chi connectivity index (χ0) is 13.6. The minimum absolute atomic E-state index is 0.182. The van der Waals surface area contributed by atoms with Crippen molar-refractivity contribution < 1.29 is 19.4 Å². The molecule has 0 radical (unpaired) electrons.